The summed E-state index contributed by atoms with van der Waals surface area (Å²) in [4.78, 5) is 8.70. The number of aryl methyl sites for hydroxylation is 2. The molecule has 3 rings (SSSR count). The predicted molar refractivity (Wildman–Crippen MR) is 78.1 cm³/mol. The van der Waals surface area contributed by atoms with Crippen LogP contribution in [0.1, 0.15) is 11.4 Å². The van der Waals surface area contributed by atoms with E-state index in [0.29, 0.717) is 5.95 Å². The zero-order valence-electron chi connectivity index (χ0n) is 10.6. The topological polar surface area (TPSA) is 66.5 Å². The fourth-order valence-corrected chi connectivity index (χ4v) is 1.93. The molecule has 98 valence electrons. The summed E-state index contributed by atoms with van der Waals surface area (Å²) in [7, 11) is 0. The Morgan fingerprint density at radius 2 is 1.79 bits per heavy atom. The average molecular weight is 276 g/mol. The molecule has 0 unspecified atom stereocenters. The number of halogens is 1. The Bertz CT molecular complexity index is 687. The van der Waals surface area contributed by atoms with Gasteiger partial charge in [-0.05, 0) is 38.1 Å². The van der Waals surface area contributed by atoms with E-state index >= 15 is 0 Å². The lowest BCUT2D eigenvalue weighted by Crippen LogP contribution is -1.99. The third-order valence-corrected chi connectivity index (χ3v) is 2.68. The van der Waals surface area contributed by atoms with E-state index < -0.39 is 0 Å². The first kappa shape index (κ1) is 13.3. The molecular formula is C13H14ClN5. The van der Waals surface area contributed by atoms with Gasteiger partial charge in [0, 0.05) is 22.5 Å². The molecule has 5 nitrogen and oxygen atoms in total. The van der Waals surface area contributed by atoms with E-state index in [9.17, 15) is 0 Å². The van der Waals surface area contributed by atoms with Gasteiger partial charge in [-0.1, -0.05) is 0 Å². The fraction of sp³-hybridized carbons (Fsp3) is 0.154. The Morgan fingerprint density at radius 3 is 2.53 bits per heavy atom. The minimum atomic E-state index is 0. The monoisotopic (exact) mass is 275 g/mol. The van der Waals surface area contributed by atoms with E-state index in [1.807, 2.05) is 38.1 Å². The fourth-order valence-electron chi connectivity index (χ4n) is 1.93. The van der Waals surface area contributed by atoms with Gasteiger partial charge in [0.05, 0.1) is 11.7 Å². The van der Waals surface area contributed by atoms with Crippen LogP contribution in [0.2, 0.25) is 0 Å². The second kappa shape index (κ2) is 5.24. The van der Waals surface area contributed by atoms with Crippen molar-refractivity contribution >= 4 is 34.9 Å². The van der Waals surface area contributed by atoms with Crippen molar-refractivity contribution in [2.75, 3.05) is 5.32 Å². The quantitative estimate of drug-likeness (QED) is 0.754. The second-order valence-electron chi connectivity index (χ2n) is 4.27. The number of nitrogens with zero attached hydrogens (tertiary/aromatic N) is 3. The molecule has 2 heterocycles. The highest BCUT2D eigenvalue weighted by molar-refractivity contribution is 5.85. The normalized spacial score (nSPS) is 10.2. The Labute approximate surface area is 116 Å². The molecule has 0 fully saturated rings. The molecule has 0 bridgehead atoms. The first-order valence-corrected chi connectivity index (χ1v) is 5.73. The minimum Gasteiger partial charge on any atom is -0.324 e. The molecule has 0 atom stereocenters. The molecule has 2 aromatic heterocycles. The van der Waals surface area contributed by atoms with E-state index in [2.05, 4.69) is 25.5 Å². The van der Waals surface area contributed by atoms with Crippen molar-refractivity contribution in [1.82, 2.24) is 20.2 Å². The van der Waals surface area contributed by atoms with Crippen molar-refractivity contribution in [3.05, 3.63) is 41.9 Å². The van der Waals surface area contributed by atoms with Crippen LogP contribution in [-0.2, 0) is 0 Å². The molecule has 0 aliphatic carbocycles. The molecule has 0 saturated carbocycles. The molecule has 0 spiro atoms. The van der Waals surface area contributed by atoms with Gasteiger partial charge in [-0.2, -0.15) is 5.10 Å². The van der Waals surface area contributed by atoms with Crippen LogP contribution in [0, 0.1) is 13.8 Å². The molecule has 0 aliphatic heterocycles. The Balaban J connectivity index is 0.00000133. The van der Waals surface area contributed by atoms with Crippen LogP contribution in [-0.4, -0.2) is 20.2 Å². The van der Waals surface area contributed by atoms with Gasteiger partial charge in [-0.25, -0.2) is 9.97 Å². The molecular weight excluding hydrogens is 262 g/mol. The van der Waals surface area contributed by atoms with Gasteiger partial charge in [0.25, 0.3) is 0 Å². The summed E-state index contributed by atoms with van der Waals surface area (Å²) in [5.41, 5.74) is 3.83. The smallest absolute Gasteiger partial charge is 0.227 e. The number of aromatic nitrogens is 4. The third-order valence-electron chi connectivity index (χ3n) is 2.68. The average Bonchev–Trinajstić information content (AvgIpc) is 2.74. The van der Waals surface area contributed by atoms with Crippen molar-refractivity contribution in [2.24, 2.45) is 0 Å². The summed E-state index contributed by atoms with van der Waals surface area (Å²) < 4.78 is 0. The van der Waals surface area contributed by atoms with Crippen molar-refractivity contribution in [3.63, 3.8) is 0 Å². The highest BCUT2D eigenvalue weighted by atomic mass is 35.5. The van der Waals surface area contributed by atoms with Crippen LogP contribution in [0.5, 0.6) is 0 Å². The molecule has 19 heavy (non-hydrogen) atoms. The van der Waals surface area contributed by atoms with Crippen molar-refractivity contribution in [2.45, 2.75) is 13.8 Å². The number of nitrogens with one attached hydrogen (secondary N) is 2. The summed E-state index contributed by atoms with van der Waals surface area (Å²) >= 11 is 0. The molecule has 2 N–H and O–H groups in total. The summed E-state index contributed by atoms with van der Waals surface area (Å²) in [5, 5.41) is 11.2. The van der Waals surface area contributed by atoms with Crippen LogP contribution in [0.25, 0.3) is 10.9 Å². The van der Waals surface area contributed by atoms with Crippen LogP contribution >= 0.6 is 12.4 Å². The van der Waals surface area contributed by atoms with Crippen molar-refractivity contribution in [3.8, 4) is 0 Å². The number of benzene rings is 1. The third kappa shape index (κ3) is 2.82. The number of rotatable bonds is 2. The number of aromatic amines is 1. The maximum absolute atomic E-state index is 4.35. The van der Waals surface area contributed by atoms with Gasteiger partial charge < -0.3 is 5.32 Å². The number of hydrogen-bond acceptors (Lipinski definition) is 4. The van der Waals surface area contributed by atoms with Crippen molar-refractivity contribution < 1.29 is 0 Å². The van der Waals surface area contributed by atoms with E-state index in [1.54, 1.807) is 6.20 Å². The van der Waals surface area contributed by atoms with Crippen molar-refractivity contribution in [1.29, 1.82) is 0 Å². The van der Waals surface area contributed by atoms with Gasteiger partial charge in [-0.3, -0.25) is 5.10 Å². The Kier molecular flexibility index (Phi) is 3.66. The lowest BCUT2D eigenvalue weighted by atomic mass is 10.2. The zero-order valence-corrected chi connectivity index (χ0v) is 11.5. The standard InChI is InChI=1S/C13H13N5.ClH/c1-8-5-9(2)16-13(15-8)17-11-4-3-10-7-14-18-12(10)6-11;/h3-7H,1-2H3,(H,14,18)(H,15,16,17);1H. The van der Waals surface area contributed by atoms with Crippen LogP contribution < -0.4 is 5.32 Å². The van der Waals surface area contributed by atoms with Gasteiger partial charge in [0.15, 0.2) is 0 Å². The minimum absolute atomic E-state index is 0. The van der Waals surface area contributed by atoms with Gasteiger partial charge in [-0.15, -0.1) is 12.4 Å². The number of anilines is 2. The second-order valence-corrected chi connectivity index (χ2v) is 4.27. The van der Waals surface area contributed by atoms with E-state index in [1.165, 1.54) is 0 Å². The first-order chi connectivity index (χ1) is 8.70. The van der Waals surface area contributed by atoms with Crippen LogP contribution in [0.4, 0.5) is 11.6 Å². The number of fused-ring (bicyclic) bond motifs is 1. The highest BCUT2D eigenvalue weighted by Gasteiger charge is 2.02. The van der Waals surface area contributed by atoms with E-state index in [-0.39, 0.29) is 12.4 Å². The lowest BCUT2D eigenvalue weighted by molar-refractivity contribution is 1.06. The largest absolute Gasteiger partial charge is 0.324 e. The van der Waals surface area contributed by atoms with Crippen LogP contribution in [0.15, 0.2) is 30.5 Å². The summed E-state index contributed by atoms with van der Waals surface area (Å²) in [6.07, 6.45) is 1.80. The molecule has 0 saturated heterocycles. The molecule has 0 radical (unpaired) electrons. The van der Waals surface area contributed by atoms with Gasteiger partial charge in [0.1, 0.15) is 0 Å². The summed E-state index contributed by atoms with van der Waals surface area (Å²) in [6, 6.07) is 7.93. The summed E-state index contributed by atoms with van der Waals surface area (Å²) in [5.74, 6) is 0.617. The lowest BCUT2D eigenvalue weighted by Gasteiger charge is -2.06. The first-order valence-electron chi connectivity index (χ1n) is 5.73. The highest BCUT2D eigenvalue weighted by Crippen LogP contribution is 2.19. The molecule has 0 aliphatic rings. The van der Waals surface area contributed by atoms with Gasteiger partial charge >= 0.3 is 0 Å². The zero-order chi connectivity index (χ0) is 12.5. The van der Waals surface area contributed by atoms with Gasteiger partial charge in [0.2, 0.25) is 5.95 Å². The van der Waals surface area contributed by atoms with E-state index in [0.717, 1.165) is 28.0 Å². The molecule has 6 heteroatoms. The molecule has 3 aromatic rings. The maximum Gasteiger partial charge on any atom is 0.227 e. The van der Waals surface area contributed by atoms with E-state index in [4.69, 9.17) is 0 Å². The number of H-pyrrole nitrogens is 1. The summed E-state index contributed by atoms with van der Waals surface area (Å²) in [6.45, 7) is 3.91. The predicted octanol–water partition coefficient (Wildman–Crippen LogP) is 3.14. The maximum atomic E-state index is 4.35. The Morgan fingerprint density at radius 1 is 1.05 bits per heavy atom. The SMILES string of the molecule is Cc1cc(C)nc(Nc2ccc3cn[nH]c3c2)n1.Cl. The molecule has 0 amide bonds. The Hall–Kier alpha value is -2.14. The molecule has 1 aromatic carbocycles. The number of hydrogen-bond donors (Lipinski definition) is 2. The van der Waals surface area contributed by atoms with Crippen LogP contribution in [0.3, 0.4) is 0 Å².